The average molecular weight is 466 g/mol. The lowest BCUT2D eigenvalue weighted by Gasteiger charge is -2.26. The van der Waals surface area contributed by atoms with Crippen LogP contribution in [0.2, 0.25) is 0 Å². The highest BCUT2D eigenvalue weighted by Crippen LogP contribution is 2.33. The van der Waals surface area contributed by atoms with Crippen LogP contribution in [0.25, 0.3) is 16.6 Å². The van der Waals surface area contributed by atoms with Gasteiger partial charge in [-0.3, -0.25) is 10.3 Å². The molecule has 34 heavy (non-hydrogen) atoms. The van der Waals surface area contributed by atoms with E-state index in [0.29, 0.717) is 47.0 Å². The molecule has 178 valence electrons. The van der Waals surface area contributed by atoms with E-state index < -0.39 is 6.09 Å². The van der Waals surface area contributed by atoms with Gasteiger partial charge in [0.2, 0.25) is 0 Å². The molecule has 2 aromatic carbocycles. The van der Waals surface area contributed by atoms with Crippen LogP contribution in [0.4, 0.5) is 16.2 Å². The van der Waals surface area contributed by atoms with Gasteiger partial charge in [0, 0.05) is 61.2 Å². The Hall–Kier alpha value is -4.18. The minimum absolute atomic E-state index is 0.374. The van der Waals surface area contributed by atoms with Crippen LogP contribution < -0.4 is 19.7 Å². The number of nitrogens with one attached hydrogen (secondary N) is 2. The fourth-order valence-electron chi connectivity index (χ4n) is 3.23. The van der Waals surface area contributed by atoms with Crippen LogP contribution in [0.1, 0.15) is 5.69 Å². The molecule has 0 aliphatic rings. The van der Waals surface area contributed by atoms with Gasteiger partial charge in [-0.2, -0.15) is 0 Å². The van der Waals surface area contributed by atoms with Crippen LogP contribution in [-0.4, -0.2) is 63.9 Å². The number of rotatable bonds is 10. The first-order valence-electron chi connectivity index (χ1n) is 10.3. The molecule has 2 N–H and O–H groups in total. The number of carbonyl (C=O) groups excluding carboxylic acids is 1. The number of aromatic nitrogens is 2. The third kappa shape index (κ3) is 5.78. The van der Waals surface area contributed by atoms with Crippen molar-refractivity contribution in [1.82, 2.24) is 15.3 Å². The monoisotopic (exact) mass is 465 g/mol. The van der Waals surface area contributed by atoms with E-state index in [9.17, 15) is 4.79 Å². The van der Waals surface area contributed by atoms with Gasteiger partial charge in [-0.05, 0) is 18.2 Å². The summed E-state index contributed by atoms with van der Waals surface area (Å²) in [5.74, 6) is 1.33. The van der Waals surface area contributed by atoms with Crippen LogP contribution in [0.5, 0.6) is 11.5 Å². The molecule has 10 heteroatoms. The molecule has 0 spiro atoms. The third-order valence-corrected chi connectivity index (χ3v) is 4.99. The summed E-state index contributed by atoms with van der Waals surface area (Å²) in [7, 11) is 6.12. The smallest absolute Gasteiger partial charge is 0.410 e. The predicted octanol–water partition coefficient (Wildman–Crippen LogP) is 3.78. The molecule has 1 amide bonds. The topological polar surface area (TPSA) is 119 Å². The van der Waals surface area contributed by atoms with Crippen molar-refractivity contribution in [2.75, 3.05) is 46.5 Å². The number of amides is 1. The van der Waals surface area contributed by atoms with Crippen molar-refractivity contribution in [1.29, 1.82) is 5.41 Å². The van der Waals surface area contributed by atoms with E-state index in [1.807, 2.05) is 36.4 Å². The molecule has 0 fully saturated rings. The number of hydrogen-bond acceptors (Lipinski definition) is 9. The zero-order valence-electron chi connectivity index (χ0n) is 19.5. The molecular formula is C24H27N5O5. The highest BCUT2D eigenvalue weighted by molar-refractivity contribution is 6.08. The van der Waals surface area contributed by atoms with E-state index in [1.165, 1.54) is 13.3 Å². The normalized spacial score (nSPS) is 11.1. The minimum atomic E-state index is -0.641. The molecule has 0 saturated carbocycles. The summed E-state index contributed by atoms with van der Waals surface area (Å²) < 4.78 is 20.8. The number of fused-ring (bicyclic) bond motifs is 1. The van der Waals surface area contributed by atoms with E-state index in [1.54, 1.807) is 27.5 Å². The SMILES string of the molecule is COCCN(c1cc(OC)cc(OC)c1)c1ccc2ncc(/C(C=N)=C/NC(=O)OC)nc2c1. The Morgan fingerprint density at radius 2 is 1.76 bits per heavy atom. The Bertz CT molecular complexity index is 1180. The first-order valence-corrected chi connectivity index (χ1v) is 10.3. The van der Waals surface area contributed by atoms with E-state index >= 15 is 0 Å². The molecule has 3 rings (SSSR count). The first-order chi connectivity index (χ1) is 16.5. The number of carbonyl (C=O) groups is 1. The number of hydrogen-bond donors (Lipinski definition) is 2. The molecular weight excluding hydrogens is 438 g/mol. The van der Waals surface area contributed by atoms with Gasteiger partial charge in [-0.1, -0.05) is 0 Å². The standard InChI is InChI=1S/C24H27N5O5/c1-31-8-7-29(18-9-19(32-2)12-20(10-18)33-3)17-5-6-21-22(11-17)28-23(15-26-21)16(13-25)14-27-24(30)34-4/h5-6,9-15,25H,7-8H2,1-4H3,(H,27,30)/b16-14+,25-13?. The molecule has 0 unspecified atom stereocenters. The molecule has 10 nitrogen and oxygen atoms in total. The van der Waals surface area contributed by atoms with Crippen molar-refractivity contribution < 1.29 is 23.7 Å². The van der Waals surface area contributed by atoms with Crippen LogP contribution in [0.15, 0.2) is 48.8 Å². The summed E-state index contributed by atoms with van der Waals surface area (Å²) in [6.07, 6.45) is 3.35. The fourth-order valence-corrected chi connectivity index (χ4v) is 3.23. The Kier molecular flexibility index (Phi) is 8.36. The summed E-state index contributed by atoms with van der Waals surface area (Å²) in [5, 5.41) is 10.1. The number of anilines is 2. The van der Waals surface area contributed by atoms with Crippen molar-refractivity contribution in [3.05, 3.63) is 54.5 Å². The largest absolute Gasteiger partial charge is 0.497 e. The van der Waals surface area contributed by atoms with Crippen LogP contribution in [0.3, 0.4) is 0 Å². The molecule has 0 saturated heterocycles. The minimum Gasteiger partial charge on any atom is -0.497 e. The van der Waals surface area contributed by atoms with E-state index in [0.717, 1.165) is 17.6 Å². The molecule has 1 aromatic heterocycles. The number of allylic oxidation sites excluding steroid dienone is 1. The molecule has 0 aliphatic carbocycles. The van der Waals surface area contributed by atoms with Crippen molar-refractivity contribution in [2.45, 2.75) is 0 Å². The summed E-state index contributed by atoms with van der Waals surface area (Å²) in [5.41, 5.74) is 3.84. The number of alkyl carbamates (subject to hydrolysis) is 1. The molecule has 0 radical (unpaired) electrons. The summed E-state index contributed by atoms with van der Waals surface area (Å²) in [6, 6.07) is 11.4. The van der Waals surface area contributed by atoms with Gasteiger partial charge in [0.1, 0.15) is 11.5 Å². The second-order valence-corrected chi connectivity index (χ2v) is 7.02. The summed E-state index contributed by atoms with van der Waals surface area (Å²) in [6.45, 7) is 1.06. The van der Waals surface area contributed by atoms with Gasteiger partial charge in [0.15, 0.2) is 0 Å². The van der Waals surface area contributed by atoms with Gasteiger partial charge in [0.05, 0.1) is 50.9 Å². The highest BCUT2D eigenvalue weighted by Gasteiger charge is 2.14. The Balaban J connectivity index is 2.05. The fraction of sp³-hybridized carbons (Fsp3) is 0.250. The van der Waals surface area contributed by atoms with Crippen LogP contribution >= 0.6 is 0 Å². The Morgan fingerprint density at radius 1 is 1.03 bits per heavy atom. The molecule has 1 heterocycles. The van der Waals surface area contributed by atoms with Crippen LogP contribution in [-0.2, 0) is 9.47 Å². The lowest BCUT2D eigenvalue weighted by Crippen LogP contribution is -2.22. The van der Waals surface area contributed by atoms with Gasteiger partial charge in [0.25, 0.3) is 0 Å². The lowest BCUT2D eigenvalue weighted by molar-refractivity contribution is 0.175. The van der Waals surface area contributed by atoms with Crippen molar-refractivity contribution in [3.8, 4) is 11.5 Å². The Labute approximate surface area is 197 Å². The van der Waals surface area contributed by atoms with Gasteiger partial charge in [-0.25, -0.2) is 9.78 Å². The summed E-state index contributed by atoms with van der Waals surface area (Å²) >= 11 is 0. The lowest BCUT2D eigenvalue weighted by atomic mass is 10.2. The number of benzene rings is 2. The predicted molar refractivity (Wildman–Crippen MR) is 130 cm³/mol. The van der Waals surface area contributed by atoms with Crippen molar-refractivity contribution in [3.63, 3.8) is 0 Å². The number of nitrogens with zero attached hydrogens (tertiary/aromatic N) is 3. The van der Waals surface area contributed by atoms with E-state index in [-0.39, 0.29) is 0 Å². The first kappa shape index (κ1) is 24.5. The highest BCUT2D eigenvalue weighted by atomic mass is 16.5. The maximum atomic E-state index is 11.4. The van der Waals surface area contributed by atoms with E-state index in [2.05, 4.69) is 24.9 Å². The quantitative estimate of drug-likeness (QED) is 0.434. The van der Waals surface area contributed by atoms with Crippen molar-refractivity contribution in [2.24, 2.45) is 0 Å². The second kappa shape index (κ2) is 11.6. The molecule has 3 aromatic rings. The van der Waals surface area contributed by atoms with Gasteiger partial charge < -0.3 is 29.3 Å². The molecule has 0 aliphatic heterocycles. The molecule has 0 bridgehead atoms. The maximum absolute atomic E-state index is 11.4. The number of ether oxygens (including phenoxy) is 4. The Morgan fingerprint density at radius 3 is 2.38 bits per heavy atom. The zero-order valence-corrected chi connectivity index (χ0v) is 19.5. The van der Waals surface area contributed by atoms with Gasteiger partial charge >= 0.3 is 6.09 Å². The number of methoxy groups -OCH3 is 4. The van der Waals surface area contributed by atoms with E-state index in [4.69, 9.17) is 19.6 Å². The summed E-state index contributed by atoms with van der Waals surface area (Å²) in [4.78, 5) is 22.6. The second-order valence-electron chi connectivity index (χ2n) is 7.02. The maximum Gasteiger partial charge on any atom is 0.410 e. The average Bonchev–Trinajstić information content (AvgIpc) is 2.88. The third-order valence-electron chi connectivity index (χ3n) is 4.99. The van der Waals surface area contributed by atoms with Crippen LogP contribution in [0, 0.1) is 5.41 Å². The molecule has 0 atom stereocenters. The zero-order chi connectivity index (χ0) is 24.5. The van der Waals surface area contributed by atoms with Gasteiger partial charge in [-0.15, -0.1) is 0 Å². The van der Waals surface area contributed by atoms with Crippen molar-refractivity contribution >= 4 is 40.3 Å².